The van der Waals surface area contributed by atoms with Gasteiger partial charge in [-0.05, 0) is 50.0 Å². The quantitative estimate of drug-likeness (QED) is 0.839. The van der Waals surface area contributed by atoms with Crippen LogP contribution < -0.4 is 15.2 Å². The van der Waals surface area contributed by atoms with Crippen molar-refractivity contribution in [1.29, 1.82) is 0 Å². The standard InChI is InChI=1S/C17H28N2O2/c1-4-19(16-7-5-6-13(16)11-18)12-14-10-15(20-2)8-9-17(14)21-3/h8-10,13,16H,4-7,11-12,18H2,1-3H3. The van der Waals surface area contributed by atoms with E-state index in [-0.39, 0.29) is 0 Å². The molecule has 118 valence electrons. The van der Waals surface area contributed by atoms with Crippen molar-refractivity contribution in [2.45, 2.75) is 38.8 Å². The lowest BCUT2D eigenvalue weighted by Gasteiger charge is -2.32. The van der Waals surface area contributed by atoms with Crippen LogP contribution in [0.15, 0.2) is 18.2 Å². The highest BCUT2D eigenvalue weighted by Gasteiger charge is 2.30. The van der Waals surface area contributed by atoms with Crippen LogP contribution in [-0.4, -0.2) is 38.3 Å². The zero-order valence-electron chi connectivity index (χ0n) is 13.5. The first-order chi connectivity index (χ1) is 10.2. The summed E-state index contributed by atoms with van der Waals surface area (Å²) < 4.78 is 10.8. The first kappa shape index (κ1) is 16.1. The third kappa shape index (κ3) is 3.69. The first-order valence-corrected chi connectivity index (χ1v) is 7.88. The third-order valence-corrected chi connectivity index (χ3v) is 4.66. The van der Waals surface area contributed by atoms with Gasteiger partial charge in [-0.15, -0.1) is 0 Å². The van der Waals surface area contributed by atoms with Crippen LogP contribution in [0.25, 0.3) is 0 Å². The van der Waals surface area contributed by atoms with Crippen LogP contribution in [0.2, 0.25) is 0 Å². The number of ether oxygens (including phenoxy) is 2. The molecule has 2 atom stereocenters. The van der Waals surface area contributed by atoms with Gasteiger partial charge in [-0.25, -0.2) is 0 Å². The van der Waals surface area contributed by atoms with Crippen molar-refractivity contribution in [1.82, 2.24) is 4.90 Å². The Morgan fingerprint density at radius 2 is 2.05 bits per heavy atom. The normalized spacial score (nSPS) is 21.8. The summed E-state index contributed by atoms with van der Waals surface area (Å²) in [4.78, 5) is 2.53. The summed E-state index contributed by atoms with van der Waals surface area (Å²) in [5.41, 5.74) is 7.12. The molecule has 1 aliphatic rings. The summed E-state index contributed by atoms with van der Waals surface area (Å²) in [6, 6.07) is 6.60. The van der Waals surface area contributed by atoms with E-state index in [1.807, 2.05) is 12.1 Å². The van der Waals surface area contributed by atoms with E-state index in [0.29, 0.717) is 12.0 Å². The van der Waals surface area contributed by atoms with Crippen LogP contribution in [-0.2, 0) is 6.54 Å². The van der Waals surface area contributed by atoms with Crippen LogP contribution in [0.3, 0.4) is 0 Å². The summed E-state index contributed by atoms with van der Waals surface area (Å²) in [5.74, 6) is 2.43. The molecule has 2 unspecified atom stereocenters. The van der Waals surface area contributed by atoms with Crippen molar-refractivity contribution in [2.24, 2.45) is 11.7 Å². The Balaban J connectivity index is 2.17. The maximum atomic E-state index is 5.94. The highest BCUT2D eigenvalue weighted by atomic mass is 16.5. The Morgan fingerprint density at radius 3 is 2.67 bits per heavy atom. The fraction of sp³-hybridized carbons (Fsp3) is 0.647. The number of benzene rings is 1. The van der Waals surface area contributed by atoms with Crippen LogP contribution in [0.5, 0.6) is 11.5 Å². The summed E-state index contributed by atoms with van der Waals surface area (Å²) in [6.07, 6.45) is 3.80. The molecule has 0 spiro atoms. The molecular formula is C17H28N2O2. The minimum absolute atomic E-state index is 0.593. The zero-order valence-corrected chi connectivity index (χ0v) is 13.5. The second kappa shape index (κ2) is 7.66. The highest BCUT2D eigenvalue weighted by molar-refractivity contribution is 5.40. The third-order valence-electron chi connectivity index (χ3n) is 4.66. The van der Waals surface area contributed by atoms with Crippen LogP contribution >= 0.6 is 0 Å². The number of hydrogen-bond donors (Lipinski definition) is 1. The topological polar surface area (TPSA) is 47.7 Å². The molecule has 21 heavy (non-hydrogen) atoms. The fourth-order valence-corrected chi connectivity index (χ4v) is 3.46. The molecule has 0 aromatic heterocycles. The molecule has 1 aliphatic carbocycles. The van der Waals surface area contributed by atoms with Gasteiger partial charge in [-0.3, -0.25) is 4.90 Å². The number of hydrogen-bond acceptors (Lipinski definition) is 4. The molecule has 0 aliphatic heterocycles. The van der Waals surface area contributed by atoms with E-state index in [0.717, 1.165) is 31.1 Å². The van der Waals surface area contributed by atoms with Gasteiger partial charge in [0.1, 0.15) is 11.5 Å². The Labute approximate surface area is 128 Å². The number of nitrogens with zero attached hydrogens (tertiary/aromatic N) is 1. The minimum atomic E-state index is 0.593. The highest BCUT2D eigenvalue weighted by Crippen LogP contribution is 2.32. The molecule has 0 heterocycles. The average Bonchev–Trinajstić information content (AvgIpc) is 3.00. The fourth-order valence-electron chi connectivity index (χ4n) is 3.46. The van der Waals surface area contributed by atoms with Crippen molar-refractivity contribution >= 4 is 0 Å². The van der Waals surface area contributed by atoms with Crippen LogP contribution in [0.4, 0.5) is 0 Å². The Bertz CT molecular complexity index is 450. The van der Waals surface area contributed by atoms with Crippen molar-refractivity contribution in [2.75, 3.05) is 27.3 Å². The molecular weight excluding hydrogens is 264 g/mol. The number of nitrogens with two attached hydrogens (primary N) is 1. The van der Waals surface area contributed by atoms with Gasteiger partial charge in [0.2, 0.25) is 0 Å². The summed E-state index contributed by atoms with van der Waals surface area (Å²) in [6.45, 7) is 4.93. The first-order valence-electron chi connectivity index (χ1n) is 7.88. The predicted octanol–water partition coefficient (Wildman–Crippen LogP) is 2.65. The lowest BCUT2D eigenvalue weighted by molar-refractivity contribution is 0.160. The second-order valence-electron chi connectivity index (χ2n) is 5.73. The average molecular weight is 292 g/mol. The summed E-state index contributed by atoms with van der Waals surface area (Å²) in [7, 11) is 3.42. The van der Waals surface area contributed by atoms with E-state index < -0.39 is 0 Å². The maximum absolute atomic E-state index is 5.94. The summed E-state index contributed by atoms with van der Waals surface area (Å²) >= 11 is 0. The molecule has 4 heteroatoms. The maximum Gasteiger partial charge on any atom is 0.123 e. The molecule has 1 aromatic carbocycles. The van der Waals surface area contributed by atoms with Gasteiger partial charge in [0.05, 0.1) is 14.2 Å². The predicted molar refractivity (Wildman–Crippen MR) is 85.8 cm³/mol. The van der Waals surface area contributed by atoms with Gasteiger partial charge in [0.25, 0.3) is 0 Å². The van der Waals surface area contributed by atoms with Crippen molar-refractivity contribution in [3.05, 3.63) is 23.8 Å². The van der Waals surface area contributed by atoms with Gasteiger partial charge in [-0.2, -0.15) is 0 Å². The van der Waals surface area contributed by atoms with Crippen LogP contribution in [0, 0.1) is 5.92 Å². The van der Waals surface area contributed by atoms with E-state index in [1.54, 1.807) is 14.2 Å². The molecule has 0 bridgehead atoms. The van der Waals surface area contributed by atoms with E-state index >= 15 is 0 Å². The molecule has 1 fully saturated rings. The lowest BCUT2D eigenvalue weighted by Crippen LogP contribution is -2.39. The minimum Gasteiger partial charge on any atom is -0.497 e. The molecule has 2 N–H and O–H groups in total. The number of methoxy groups -OCH3 is 2. The van der Waals surface area contributed by atoms with E-state index in [2.05, 4.69) is 17.9 Å². The van der Waals surface area contributed by atoms with Gasteiger partial charge < -0.3 is 15.2 Å². The van der Waals surface area contributed by atoms with E-state index in [1.165, 1.54) is 24.8 Å². The monoisotopic (exact) mass is 292 g/mol. The Morgan fingerprint density at radius 1 is 1.24 bits per heavy atom. The molecule has 4 nitrogen and oxygen atoms in total. The van der Waals surface area contributed by atoms with Crippen molar-refractivity contribution in [3.8, 4) is 11.5 Å². The summed E-state index contributed by atoms with van der Waals surface area (Å²) in [5, 5.41) is 0. The Kier molecular flexibility index (Phi) is 5.88. The van der Waals surface area contributed by atoms with Crippen molar-refractivity contribution < 1.29 is 9.47 Å². The molecule has 0 radical (unpaired) electrons. The van der Waals surface area contributed by atoms with E-state index in [9.17, 15) is 0 Å². The smallest absolute Gasteiger partial charge is 0.123 e. The SMILES string of the molecule is CCN(Cc1cc(OC)ccc1OC)C1CCCC1CN. The van der Waals surface area contributed by atoms with Gasteiger partial charge in [0.15, 0.2) is 0 Å². The largest absolute Gasteiger partial charge is 0.497 e. The lowest BCUT2D eigenvalue weighted by atomic mass is 10.0. The molecule has 1 aromatic rings. The number of rotatable bonds is 7. The second-order valence-corrected chi connectivity index (χ2v) is 5.73. The molecule has 1 saturated carbocycles. The van der Waals surface area contributed by atoms with Crippen LogP contribution in [0.1, 0.15) is 31.7 Å². The molecule has 0 saturated heterocycles. The Hall–Kier alpha value is -1.26. The van der Waals surface area contributed by atoms with Crippen molar-refractivity contribution in [3.63, 3.8) is 0 Å². The molecule has 2 rings (SSSR count). The van der Waals surface area contributed by atoms with Gasteiger partial charge in [-0.1, -0.05) is 13.3 Å². The van der Waals surface area contributed by atoms with Gasteiger partial charge >= 0.3 is 0 Å². The van der Waals surface area contributed by atoms with E-state index in [4.69, 9.17) is 15.2 Å². The zero-order chi connectivity index (χ0) is 15.2. The van der Waals surface area contributed by atoms with Gasteiger partial charge in [0, 0.05) is 18.2 Å². The molecule has 0 amide bonds.